The second kappa shape index (κ2) is 8.46. The van der Waals surface area contributed by atoms with Gasteiger partial charge in [0.25, 0.3) is 0 Å². The van der Waals surface area contributed by atoms with Gasteiger partial charge in [-0.3, -0.25) is 14.4 Å². The number of likely N-dealkylation sites (tertiary alicyclic amines) is 1. The molecule has 2 unspecified atom stereocenters. The van der Waals surface area contributed by atoms with Gasteiger partial charge in [-0.05, 0) is 32.1 Å². The molecule has 3 N–H and O–H groups in total. The number of unbranched alkanes of at least 4 members (excludes halogenated alkanes) is 1. The highest BCUT2D eigenvalue weighted by molar-refractivity contribution is 5.99. The van der Waals surface area contributed by atoms with Crippen LogP contribution in [0.2, 0.25) is 0 Å². The molecule has 170 valence electrons. The average Bonchev–Trinajstić information content (AvgIpc) is 3.29. The van der Waals surface area contributed by atoms with Crippen LogP contribution in [0, 0.1) is 17.8 Å². The molecule has 2 bridgehead atoms. The molecule has 3 aliphatic rings. The standard InChI is InChI=1S/C22H37N3O5/c1-6-8-11-24-19(28)17-22-10-9-21(4,30-22)15(18(27)23-5)16(22)20(29)25(17)14(12-26)13(3)7-2/h13-17,26H,6-12H2,1-5H3,(H,23,27)(H,24,28)/t13-,14-,15+,16-,17?,21-,22?/m0/s1. The number of aliphatic hydroxyl groups excluding tert-OH is 1. The SMILES string of the molecule is CCCCNC(=O)C1N([C@@H](CO)[C@@H](C)CC)C(=O)[C@@H]2[C@H](C(=O)NC)[C@]3(C)CCC12O3. The molecule has 3 fully saturated rings. The van der Waals surface area contributed by atoms with Crippen LogP contribution < -0.4 is 10.6 Å². The van der Waals surface area contributed by atoms with Crippen LogP contribution in [-0.4, -0.2) is 71.2 Å². The zero-order chi connectivity index (χ0) is 22.3. The zero-order valence-corrected chi connectivity index (χ0v) is 18.9. The van der Waals surface area contributed by atoms with Crippen LogP contribution in [0.4, 0.5) is 0 Å². The van der Waals surface area contributed by atoms with E-state index in [2.05, 4.69) is 10.6 Å². The van der Waals surface area contributed by atoms with Gasteiger partial charge in [0.1, 0.15) is 11.6 Å². The number of ether oxygens (including phenoxy) is 1. The fourth-order valence-corrected chi connectivity index (χ4v) is 5.88. The van der Waals surface area contributed by atoms with Crippen LogP contribution in [-0.2, 0) is 19.1 Å². The predicted octanol–water partition coefficient (Wildman–Crippen LogP) is 0.820. The molecule has 3 amide bonds. The first-order chi connectivity index (χ1) is 14.2. The Kier molecular flexibility index (Phi) is 6.49. The topological polar surface area (TPSA) is 108 Å². The maximum Gasteiger partial charge on any atom is 0.245 e. The van der Waals surface area contributed by atoms with Gasteiger partial charge < -0.3 is 25.4 Å². The van der Waals surface area contributed by atoms with E-state index in [1.807, 2.05) is 27.7 Å². The van der Waals surface area contributed by atoms with Gasteiger partial charge in [-0.15, -0.1) is 0 Å². The molecule has 0 aromatic heterocycles. The van der Waals surface area contributed by atoms with Gasteiger partial charge in [0, 0.05) is 13.6 Å². The number of amides is 3. The van der Waals surface area contributed by atoms with Crippen molar-refractivity contribution >= 4 is 17.7 Å². The van der Waals surface area contributed by atoms with E-state index in [9.17, 15) is 19.5 Å². The van der Waals surface area contributed by atoms with Crippen molar-refractivity contribution in [2.45, 2.75) is 83.1 Å². The summed E-state index contributed by atoms with van der Waals surface area (Å²) in [6.45, 7) is 8.19. The van der Waals surface area contributed by atoms with Crippen LogP contribution in [0.25, 0.3) is 0 Å². The lowest BCUT2D eigenvalue weighted by molar-refractivity contribution is -0.151. The van der Waals surface area contributed by atoms with E-state index in [1.54, 1.807) is 11.9 Å². The molecule has 30 heavy (non-hydrogen) atoms. The molecule has 3 rings (SSSR count). The summed E-state index contributed by atoms with van der Waals surface area (Å²) in [4.78, 5) is 41.6. The molecule has 0 aromatic rings. The normalized spacial score (nSPS) is 36.5. The lowest BCUT2D eigenvalue weighted by Crippen LogP contribution is -2.59. The van der Waals surface area contributed by atoms with Crippen molar-refractivity contribution in [3.05, 3.63) is 0 Å². The summed E-state index contributed by atoms with van der Waals surface area (Å²) < 4.78 is 6.49. The Labute approximate surface area is 179 Å². The molecule has 8 nitrogen and oxygen atoms in total. The fourth-order valence-electron chi connectivity index (χ4n) is 5.88. The third-order valence-corrected chi connectivity index (χ3v) is 7.67. The molecular formula is C22H37N3O5. The first-order valence-electron chi connectivity index (χ1n) is 11.3. The summed E-state index contributed by atoms with van der Waals surface area (Å²) in [5, 5.41) is 15.8. The zero-order valence-electron chi connectivity index (χ0n) is 18.9. The Hall–Kier alpha value is -1.67. The predicted molar refractivity (Wildman–Crippen MR) is 111 cm³/mol. The summed E-state index contributed by atoms with van der Waals surface area (Å²) in [5.41, 5.74) is -1.79. The van der Waals surface area contributed by atoms with Gasteiger partial charge in [0.05, 0.1) is 30.1 Å². The van der Waals surface area contributed by atoms with Crippen molar-refractivity contribution < 1.29 is 24.2 Å². The number of hydrogen-bond acceptors (Lipinski definition) is 5. The Morgan fingerprint density at radius 2 is 2.00 bits per heavy atom. The molecule has 0 radical (unpaired) electrons. The maximum absolute atomic E-state index is 13.8. The number of carbonyl (C=O) groups is 3. The van der Waals surface area contributed by atoms with Crippen LogP contribution >= 0.6 is 0 Å². The minimum absolute atomic E-state index is 0.00589. The third kappa shape index (κ3) is 3.23. The van der Waals surface area contributed by atoms with Crippen molar-refractivity contribution in [1.82, 2.24) is 15.5 Å². The number of hydrogen-bond donors (Lipinski definition) is 3. The second-order valence-corrected chi connectivity index (χ2v) is 9.37. The molecule has 0 aromatic carbocycles. The van der Waals surface area contributed by atoms with Gasteiger partial charge in [-0.2, -0.15) is 0 Å². The number of fused-ring (bicyclic) bond motifs is 1. The van der Waals surface area contributed by atoms with Gasteiger partial charge in [0.2, 0.25) is 17.7 Å². The Bertz CT molecular complexity index is 700. The van der Waals surface area contributed by atoms with Crippen molar-refractivity contribution in [2.24, 2.45) is 17.8 Å². The van der Waals surface area contributed by atoms with Crippen LogP contribution in [0.15, 0.2) is 0 Å². The summed E-state index contributed by atoms with van der Waals surface area (Å²) in [6, 6.07) is -1.33. The lowest BCUT2D eigenvalue weighted by atomic mass is 9.66. The van der Waals surface area contributed by atoms with E-state index >= 15 is 0 Å². The van der Waals surface area contributed by atoms with E-state index in [0.717, 1.165) is 19.3 Å². The molecule has 1 spiro atoms. The molecular weight excluding hydrogens is 386 g/mol. The fraction of sp³-hybridized carbons (Fsp3) is 0.864. The maximum atomic E-state index is 13.8. The molecule has 7 atom stereocenters. The Morgan fingerprint density at radius 3 is 2.57 bits per heavy atom. The van der Waals surface area contributed by atoms with Crippen molar-refractivity contribution in [3.8, 4) is 0 Å². The smallest absolute Gasteiger partial charge is 0.245 e. The molecule has 8 heteroatoms. The first-order valence-corrected chi connectivity index (χ1v) is 11.3. The van der Waals surface area contributed by atoms with Gasteiger partial charge >= 0.3 is 0 Å². The largest absolute Gasteiger partial charge is 0.394 e. The van der Waals surface area contributed by atoms with E-state index in [0.29, 0.717) is 19.4 Å². The number of nitrogens with zero attached hydrogens (tertiary/aromatic N) is 1. The molecule has 0 saturated carbocycles. The molecule has 0 aliphatic carbocycles. The number of nitrogens with one attached hydrogen (secondary N) is 2. The number of aliphatic hydroxyl groups is 1. The highest BCUT2D eigenvalue weighted by Gasteiger charge is 2.78. The molecule has 3 saturated heterocycles. The van der Waals surface area contributed by atoms with Crippen LogP contribution in [0.3, 0.4) is 0 Å². The monoisotopic (exact) mass is 423 g/mol. The van der Waals surface area contributed by atoms with E-state index in [4.69, 9.17) is 4.74 Å². The van der Waals surface area contributed by atoms with Gasteiger partial charge in [-0.25, -0.2) is 0 Å². The van der Waals surface area contributed by atoms with Crippen LogP contribution in [0.5, 0.6) is 0 Å². The van der Waals surface area contributed by atoms with Gasteiger partial charge in [-0.1, -0.05) is 33.6 Å². The number of carbonyl (C=O) groups excluding carboxylic acids is 3. The number of rotatable bonds is 9. The summed E-state index contributed by atoms with van der Waals surface area (Å²) in [6.07, 6.45) is 3.72. The summed E-state index contributed by atoms with van der Waals surface area (Å²) >= 11 is 0. The lowest BCUT2D eigenvalue weighted by Gasteiger charge is -2.39. The first kappa shape index (κ1) is 23.0. The Morgan fingerprint density at radius 1 is 1.30 bits per heavy atom. The highest BCUT2D eigenvalue weighted by Crippen LogP contribution is 2.63. The molecule has 3 heterocycles. The minimum Gasteiger partial charge on any atom is -0.394 e. The van der Waals surface area contributed by atoms with Crippen molar-refractivity contribution in [1.29, 1.82) is 0 Å². The van der Waals surface area contributed by atoms with E-state index < -0.39 is 35.1 Å². The summed E-state index contributed by atoms with van der Waals surface area (Å²) in [5.74, 6) is -2.07. The quantitative estimate of drug-likeness (QED) is 0.476. The molecule has 3 aliphatic heterocycles. The average molecular weight is 424 g/mol. The van der Waals surface area contributed by atoms with E-state index in [-0.39, 0.29) is 30.2 Å². The third-order valence-electron chi connectivity index (χ3n) is 7.67. The Balaban J connectivity index is 2.06. The van der Waals surface area contributed by atoms with E-state index in [1.165, 1.54) is 0 Å². The van der Waals surface area contributed by atoms with Crippen molar-refractivity contribution in [2.75, 3.05) is 20.2 Å². The minimum atomic E-state index is -1.03. The van der Waals surface area contributed by atoms with Gasteiger partial charge in [0.15, 0.2) is 0 Å². The van der Waals surface area contributed by atoms with Crippen LogP contribution in [0.1, 0.15) is 59.8 Å². The summed E-state index contributed by atoms with van der Waals surface area (Å²) in [7, 11) is 1.56. The highest BCUT2D eigenvalue weighted by atomic mass is 16.5. The van der Waals surface area contributed by atoms with Crippen molar-refractivity contribution in [3.63, 3.8) is 0 Å². The second-order valence-electron chi connectivity index (χ2n) is 9.37.